The fourth-order valence-electron chi connectivity index (χ4n) is 4.55. The van der Waals surface area contributed by atoms with E-state index in [4.69, 9.17) is 9.72 Å². The van der Waals surface area contributed by atoms with Gasteiger partial charge in [-0.25, -0.2) is 14.8 Å². The number of methoxy groups -OCH3 is 1. The molecule has 1 saturated carbocycles. The van der Waals surface area contributed by atoms with Gasteiger partial charge in [0.1, 0.15) is 5.82 Å². The Balaban J connectivity index is 1.38. The largest absolute Gasteiger partial charge is 0.492 e. The van der Waals surface area contributed by atoms with Crippen molar-refractivity contribution in [3.8, 4) is 5.75 Å². The van der Waals surface area contributed by atoms with E-state index in [1.54, 1.807) is 19.2 Å². The molecule has 0 spiro atoms. The van der Waals surface area contributed by atoms with Crippen molar-refractivity contribution in [3.63, 3.8) is 0 Å². The minimum Gasteiger partial charge on any atom is -0.492 e. The van der Waals surface area contributed by atoms with Gasteiger partial charge >= 0.3 is 0 Å². The Kier molecular flexibility index (Phi) is 5.15. The lowest BCUT2D eigenvalue weighted by Gasteiger charge is -2.39. The minimum absolute atomic E-state index is 0.0160. The normalized spacial score (nSPS) is 27.7. The highest BCUT2D eigenvalue weighted by Crippen LogP contribution is 2.39. The number of nitrogens with zero attached hydrogens (tertiary/aromatic N) is 2. The summed E-state index contributed by atoms with van der Waals surface area (Å²) in [5.41, 5.74) is 4.83. The molecule has 1 amide bonds. The van der Waals surface area contributed by atoms with Crippen LogP contribution < -0.4 is 26.1 Å². The Morgan fingerprint density at radius 1 is 1.19 bits per heavy atom. The number of para-hydroxylation sites is 1. The number of rotatable bonds is 6. The van der Waals surface area contributed by atoms with E-state index in [2.05, 4.69) is 27.4 Å². The SMILES string of the molecule is COc1c(F)cccc1NC1CC(Nc2cccc(C3CC3)n2)NC2NN(C)C(=O)C12. The fraction of sp³-hybridized carbons (Fsp3) is 0.455. The number of carbonyl (C=O) groups is 1. The Hall–Kier alpha value is -2.91. The molecule has 5 rings (SSSR count). The zero-order chi connectivity index (χ0) is 21.5. The highest BCUT2D eigenvalue weighted by atomic mass is 19.1. The summed E-state index contributed by atoms with van der Waals surface area (Å²) in [4.78, 5) is 17.6. The number of hydrogen-bond acceptors (Lipinski definition) is 7. The summed E-state index contributed by atoms with van der Waals surface area (Å²) in [5, 5.41) is 11.8. The summed E-state index contributed by atoms with van der Waals surface area (Å²) >= 11 is 0. The van der Waals surface area contributed by atoms with E-state index in [-0.39, 0.29) is 35.9 Å². The van der Waals surface area contributed by atoms with Crippen molar-refractivity contribution < 1.29 is 13.9 Å². The molecule has 4 atom stereocenters. The molecule has 0 bridgehead atoms. The van der Waals surface area contributed by atoms with Crippen LogP contribution >= 0.6 is 0 Å². The van der Waals surface area contributed by atoms with Crippen molar-refractivity contribution >= 4 is 17.4 Å². The van der Waals surface area contributed by atoms with Gasteiger partial charge in [-0.1, -0.05) is 12.1 Å². The van der Waals surface area contributed by atoms with E-state index in [0.717, 1.165) is 11.5 Å². The number of halogens is 1. The van der Waals surface area contributed by atoms with E-state index >= 15 is 0 Å². The predicted molar refractivity (Wildman–Crippen MR) is 115 cm³/mol. The zero-order valence-corrected chi connectivity index (χ0v) is 17.6. The number of piperidine rings is 1. The number of amides is 1. The van der Waals surface area contributed by atoms with Crippen LogP contribution in [0.2, 0.25) is 0 Å². The average molecular weight is 426 g/mol. The van der Waals surface area contributed by atoms with Crippen LogP contribution in [0.15, 0.2) is 36.4 Å². The summed E-state index contributed by atoms with van der Waals surface area (Å²) < 4.78 is 19.4. The monoisotopic (exact) mass is 426 g/mol. The number of ether oxygens (including phenoxy) is 1. The fourth-order valence-corrected chi connectivity index (χ4v) is 4.55. The molecule has 1 aromatic carbocycles. The van der Waals surface area contributed by atoms with Crippen molar-refractivity contribution in [1.29, 1.82) is 0 Å². The third-order valence-corrected chi connectivity index (χ3v) is 6.21. The lowest BCUT2D eigenvalue weighted by atomic mass is 9.88. The van der Waals surface area contributed by atoms with Crippen LogP contribution in [0.3, 0.4) is 0 Å². The molecular formula is C22H27FN6O2. The number of carbonyl (C=O) groups excluding carboxylic acids is 1. The molecule has 31 heavy (non-hydrogen) atoms. The summed E-state index contributed by atoms with van der Waals surface area (Å²) in [7, 11) is 3.15. The van der Waals surface area contributed by atoms with Gasteiger partial charge in [0.05, 0.1) is 31.0 Å². The van der Waals surface area contributed by atoms with Gasteiger partial charge in [0.15, 0.2) is 11.6 Å². The molecule has 9 heteroatoms. The van der Waals surface area contributed by atoms with Crippen LogP contribution in [0.25, 0.3) is 0 Å². The lowest BCUT2D eigenvalue weighted by molar-refractivity contribution is -0.131. The smallest absolute Gasteiger partial charge is 0.244 e. The molecule has 8 nitrogen and oxygen atoms in total. The van der Waals surface area contributed by atoms with E-state index in [1.807, 2.05) is 12.1 Å². The quantitative estimate of drug-likeness (QED) is 0.563. The van der Waals surface area contributed by atoms with Gasteiger partial charge in [-0.2, -0.15) is 0 Å². The van der Waals surface area contributed by atoms with Gasteiger partial charge in [-0.15, -0.1) is 0 Å². The molecule has 3 aliphatic rings. The van der Waals surface area contributed by atoms with Crippen LogP contribution in [0.5, 0.6) is 5.75 Å². The van der Waals surface area contributed by atoms with Crippen LogP contribution in [0.1, 0.15) is 30.9 Å². The molecule has 0 radical (unpaired) electrons. The molecule has 2 aliphatic heterocycles. The number of anilines is 2. The second kappa shape index (κ2) is 7.97. The second-order valence-corrected chi connectivity index (χ2v) is 8.42. The van der Waals surface area contributed by atoms with Gasteiger partial charge in [0.2, 0.25) is 5.91 Å². The Morgan fingerprint density at radius 3 is 2.77 bits per heavy atom. The van der Waals surface area contributed by atoms with Gasteiger partial charge in [-0.05, 0) is 37.1 Å². The van der Waals surface area contributed by atoms with Gasteiger partial charge in [0.25, 0.3) is 0 Å². The third kappa shape index (κ3) is 3.90. The number of nitrogens with one attached hydrogen (secondary N) is 4. The number of fused-ring (bicyclic) bond motifs is 1. The number of pyridine rings is 1. The van der Waals surface area contributed by atoms with Crippen LogP contribution in [-0.2, 0) is 4.79 Å². The second-order valence-electron chi connectivity index (χ2n) is 8.42. The first-order valence-corrected chi connectivity index (χ1v) is 10.7. The lowest BCUT2D eigenvalue weighted by Crippen LogP contribution is -2.60. The molecule has 1 aliphatic carbocycles. The molecule has 4 unspecified atom stereocenters. The van der Waals surface area contributed by atoms with Crippen LogP contribution in [-0.4, -0.2) is 48.4 Å². The maximum absolute atomic E-state index is 14.2. The van der Waals surface area contributed by atoms with Crippen LogP contribution in [0.4, 0.5) is 15.9 Å². The summed E-state index contributed by atoms with van der Waals surface area (Å²) in [6, 6.07) is 10.6. The Labute approximate surface area is 180 Å². The van der Waals surface area contributed by atoms with Gasteiger partial charge in [-0.3, -0.25) is 15.1 Å². The van der Waals surface area contributed by atoms with Crippen molar-refractivity contribution in [3.05, 3.63) is 47.9 Å². The summed E-state index contributed by atoms with van der Waals surface area (Å²) in [6.45, 7) is 0. The first-order valence-electron chi connectivity index (χ1n) is 10.7. The molecule has 4 N–H and O–H groups in total. The minimum atomic E-state index is -0.443. The van der Waals surface area contributed by atoms with Crippen molar-refractivity contribution in [2.24, 2.45) is 5.92 Å². The highest BCUT2D eigenvalue weighted by molar-refractivity contribution is 5.82. The predicted octanol–water partition coefficient (Wildman–Crippen LogP) is 2.24. The number of benzene rings is 1. The van der Waals surface area contributed by atoms with Crippen LogP contribution in [0, 0.1) is 11.7 Å². The Morgan fingerprint density at radius 2 is 2.00 bits per heavy atom. The number of hydrazine groups is 1. The van der Waals surface area contributed by atoms with E-state index in [9.17, 15) is 9.18 Å². The van der Waals surface area contributed by atoms with E-state index < -0.39 is 5.82 Å². The summed E-state index contributed by atoms with van der Waals surface area (Å²) in [5.74, 6) is 0.719. The van der Waals surface area contributed by atoms with Crippen molar-refractivity contribution in [1.82, 2.24) is 20.7 Å². The van der Waals surface area contributed by atoms with Crippen molar-refractivity contribution in [2.45, 2.75) is 43.6 Å². The maximum atomic E-state index is 14.2. The van der Waals surface area contributed by atoms with Gasteiger partial charge in [0, 0.05) is 31.1 Å². The molecule has 164 valence electrons. The first kappa shape index (κ1) is 20.0. The molecule has 3 fully saturated rings. The standard InChI is InChI=1S/C22H27FN6O2/c1-29-22(30)19-16(24-15-7-3-5-13(23)20(15)31-2)11-18(27-21(19)28-29)26-17-8-4-6-14(25-17)12-9-10-12/h3-8,12,16,18-19,21,24,27-28H,9-11H2,1-2H3,(H,25,26). The van der Waals surface area contributed by atoms with Gasteiger partial charge < -0.3 is 15.4 Å². The topological polar surface area (TPSA) is 90.5 Å². The molecule has 3 heterocycles. The molecular weight excluding hydrogens is 399 g/mol. The third-order valence-electron chi connectivity index (χ3n) is 6.21. The Bertz CT molecular complexity index is 984. The number of hydrogen-bond donors (Lipinski definition) is 4. The zero-order valence-electron chi connectivity index (χ0n) is 17.6. The maximum Gasteiger partial charge on any atom is 0.244 e. The first-order chi connectivity index (χ1) is 15.0. The van der Waals surface area contributed by atoms with Crippen molar-refractivity contribution in [2.75, 3.05) is 24.8 Å². The average Bonchev–Trinajstić information content (AvgIpc) is 3.55. The van der Waals surface area contributed by atoms with E-state index in [0.29, 0.717) is 18.0 Å². The molecule has 2 saturated heterocycles. The van der Waals surface area contributed by atoms with E-state index in [1.165, 1.54) is 31.0 Å². The summed E-state index contributed by atoms with van der Waals surface area (Å²) in [6.07, 6.45) is 2.60. The highest BCUT2D eigenvalue weighted by Gasteiger charge is 2.48. The molecule has 2 aromatic rings. The molecule has 1 aromatic heterocycles. The number of aromatic nitrogens is 1.